The summed E-state index contributed by atoms with van der Waals surface area (Å²) in [4.78, 5) is 0. The van der Waals surface area contributed by atoms with Crippen LogP contribution in [-0.4, -0.2) is 6.61 Å². The lowest BCUT2D eigenvalue weighted by atomic mass is 10.0. The van der Waals surface area contributed by atoms with Gasteiger partial charge < -0.3 is 4.74 Å². The molecule has 0 aromatic heterocycles. The highest BCUT2D eigenvalue weighted by Crippen LogP contribution is 2.23. The van der Waals surface area contributed by atoms with E-state index in [9.17, 15) is 0 Å². The molecule has 1 nitrogen and oxygen atoms in total. The number of allylic oxidation sites excluding steroid dienone is 1. The van der Waals surface area contributed by atoms with E-state index in [0.717, 1.165) is 30.6 Å². The molecule has 0 spiro atoms. The minimum Gasteiger partial charge on any atom is -0.489 e. The van der Waals surface area contributed by atoms with E-state index in [4.69, 9.17) is 4.74 Å². The van der Waals surface area contributed by atoms with Crippen molar-refractivity contribution in [1.82, 2.24) is 0 Å². The smallest absolute Gasteiger partial charge is 0.123 e. The molecule has 0 fully saturated rings. The first-order valence-electron chi connectivity index (χ1n) is 6.17. The van der Waals surface area contributed by atoms with Gasteiger partial charge in [-0.2, -0.15) is 0 Å². The van der Waals surface area contributed by atoms with Gasteiger partial charge in [0.05, 0.1) is 0 Å². The number of hydrogen-bond acceptors (Lipinski definition) is 1. The highest BCUT2D eigenvalue weighted by atomic mass is 16.5. The highest BCUT2D eigenvalue weighted by molar-refractivity contribution is 5.39. The quantitative estimate of drug-likeness (QED) is 0.634. The molecule has 0 bridgehead atoms. The normalized spacial score (nSPS) is 10.0. The molecule has 0 amide bonds. The lowest BCUT2D eigenvalue weighted by Crippen LogP contribution is -1.99. The molecule has 92 valence electrons. The number of benzene rings is 1. The number of aryl methyl sites for hydroxylation is 1. The van der Waals surface area contributed by atoms with Crippen LogP contribution in [0, 0.1) is 0 Å². The van der Waals surface area contributed by atoms with Crippen molar-refractivity contribution in [3.8, 4) is 5.75 Å². The molecule has 0 radical (unpaired) electrons. The Labute approximate surface area is 105 Å². The van der Waals surface area contributed by atoms with Crippen LogP contribution in [0.1, 0.15) is 31.4 Å². The van der Waals surface area contributed by atoms with E-state index in [1.807, 2.05) is 6.92 Å². The summed E-state index contributed by atoms with van der Waals surface area (Å²) in [6, 6.07) is 6.48. The van der Waals surface area contributed by atoms with E-state index < -0.39 is 0 Å². The molecule has 1 aromatic carbocycles. The molecule has 0 aliphatic rings. The predicted molar refractivity (Wildman–Crippen MR) is 74.6 cm³/mol. The van der Waals surface area contributed by atoms with E-state index in [1.165, 1.54) is 11.1 Å². The van der Waals surface area contributed by atoms with Crippen molar-refractivity contribution in [2.75, 3.05) is 6.61 Å². The fraction of sp³-hybridized carbons (Fsp3) is 0.375. The Morgan fingerprint density at radius 2 is 2.18 bits per heavy atom. The van der Waals surface area contributed by atoms with Crippen LogP contribution in [-0.2, 0) is 12.8 Å². The van der Waals surface area contributed by atoms with Crippen molar-refractivity contribution in [3.63, 3.8) is 0 Å². The molecule has 0 N–H and O–H groups in total. The zero-order valence-corrected chi connectivity index (χ0v) is 11.0. The van der Waals surface area contributed by atoms with Crippen molar-refractivity contribution >= 4 is 0 Å². The highest BCUT2D eigenvalue weighted by Gasteiger charge is 2.05. The third kappa shape index (κ3) is 4.48. The third-order valence-electron chi connectivity index (χ3n) is 2.52. The molecular weight excluding hydrogens is 208 g/mol. The van der Waals surface area contributed by atoms with Crippen molar-refractivity contribution < 1.29 is 4.74 Å². The Hall–Kier alpha value is -1.50. The summed E-state index contributed by atoms with van der Waals surface area (Å²) >= 11 is 0. The fourth-order valence-electron chi connectivity index (χ4n) is 1.80. The average Bonchev–Trinajstić information content (AvgIpc) is 2.29. The molecule has 0 heterocycles. The third-order valence-corrected chi connectivity index (χ3v) is 2.52. The number of rotatable bonds is 7. The van der Waals surface area contributed by atoms with Gasteiger partial charge in [0.15, 0.2) is 0 Å². The van der Waals surface area contributed by atoms with Crippen LogP contribution in [0.15, 0.2) is 43.0 Å². The largest absolute Gasteiger partial charge is 0.489 e. The summed E-state index contributed by atoms with van der Waals surface area (Å²) in [5.41, 5.74) is 3.69. The van der Waals surface area contributed by atoms with Crippen LogP contribution >= 0.6 is 0 Å². The monoisotopic (exact) mass is 230 g/mol. The van der Waals surface area contributed by atoms with Gasteiger partial charge in [-0.15, -0.1) is 0 Å². The Balaban J connectivity index is 2.93. The Kier molecular flexibility index (Phi) is 5.55. The van der Waals surface area contributed by atoms with Gasteiger partial charge in [0.2, 0.25) is 0 Å². The maximum Gasteiger partial charge on any atom is 0.123 e. The standard InChI is InChI=1S/C16H22O/c1-5-7-14-8-9-15(11-13(3)4)16(12-14)17-10-6-2/h6,8-9,12H,2-3,5,7,10-11H2,1,4H3. The summed E-state index contributed by atoms with van der Waals surface area (Å²) in [6.45, 7) is 12.4. The van der Waals surface area contributed by atoms with Gasteiger partial charge in [0, 0.05) is 0 Å². The maximum atomic E-state index is 5.72. The number of hydrogen-bond donors (Lipinski definition) is 0. The lowest BCUT2D eigenvalue weighted by molar-refractivity contribution is 0.359. The summed E-state index contributed by atoms with van der Waals surface area (Å²) in [6.07, 6.45) is 4.90. The van der Waals surface area contributed by atoms with Gasteiger partial charge in [0.25, 0.3) is 0 Å². The first-order valence-corrected chi connectivity index (χ1v) is 6.17. The van der Waals surface area contributed by atoms with Crippen LogP contribution < -0.4 is 4.74 Å². The topological polar surface area (TPSA) is 9.23 Å². The van der Waals surface area contributed by atoms with Crippen molar-refractivity contribution in [2.45, 2.75) is 33.1 Å². The first-order chi connectivity index (χ1) is 8.17. The van der Waals surface area contributed by atoms with E-state index in [0.29, 0.717) is 6.61 Å². The molecule has 0 saturated carbocycles. The Bertz CT molecular complexity index is 391. The minimum absolute atomic E-state index is 0.554. The fourth-order valence-corrected chi connectivity index (χ4v) is 1.80. The van der Waals surface area contributed by atoms with Crippen molar-refractivity contribution in [1.29, 1.82) is 0 Å². The van der Waals surface area contributed by atoms with Gasteiger partial charge in [-0.05, 0) is 37.0 Å². The van der Waals surface area contributed by atoms with E-state index in [2.05, 4.69) is 38.3 Å². The van der Waals surface area contributed by atoms with Gasteiger partial charge in [-0.3, -0.25) is 0 Å². The maximum absolute atomic E-state index is 5.72. The molecule has 1 heteroatoms. The van der Waals surface area contributed by atoms with E-state index in [1.54, 1.807) is 6.08 Å². The van der Waals surface area contributed by atoms with Gasteiger partial charge in [0.1, 0.15) is 12.4 Å². The first kappa shape index (κ1) is 13.6. The molecule has 1 rings (SSSR count). The summed E-state index contributed by atoms with van der Waals surface area (Å²) < 4.78 is 5.72. The number of ether oxygens (including phenoxy) is 1. The molecule has 0 aliphatic heterocycles. The molecule has 0 unspecified atom stereocenters. The van der Waals surface area contributed by atoms with Crippen molar-refractivity contribution in [3.05, 3.63) is 54.1 Å². The van der Waals surface area contributed by atoms with Gasteiger partial charge in [-0.1, -0.05) is 50.3 Å². The van der Waals surface area contributed by atoms with Gasteiger partial charge in [-0.25, -0.2) is 0 Å². The van der Waals surface area contributed by atoms with Crippen LogP contribution in [0.3, 0.4) is 0 Å². The summed E-state index contributed by atoms with van der Waals surface area (Å²) in [5, 5.41) is 0. The molecule has 0 atom stereocenters. The van der Waals surface area contributed by atoms with Crippen LogP contribution in [0.4, 0.5) is 0 Å². The molecule has 0 aliphatic carbocycles. The molecule has 17 heavy (non-hydrogen) atoms. The minimum atomic E-state index is 0.554. The van der Waals surface area contributed by atoms with Crippen LogP contribution in [0.2, 0.25) is 0 Å². The second kappa shape index (κ2) is 6.95. The predicted octanol–water partition coefficient (Wildman–Crippen LogP) is 4.32. The second-order valence-electron chi connectivity index (χ2n) is 4.43. The second-order valence-corrected chi connectivity index (χ2v) is 4.43. The molecule has 0 saturated heterocycles. The van der Waals surface area contributed by atoms with Crippen LogP contribution in [0.5, 0.6) is 5.75 Å². The van der Waals surface area contributed by atoms with Gasteiger partial charge >= 0.3 is 0 Å². The van der Waals surface area contributed by atoms with Crippen molar-refractivity contribution in [2.24, 2.45) is 0 Å². The van der Waals surface area contributed by atoms with Crippen LogP contribution in [0.25, 0.3) is 0 Å². The zero-order valence-electron chi connectivity index (χ0n) is 11.0. The summed E-state index contributed by atoms with van der Waals surface area (Å²) in [7, 11) is 0. The Morgan fingerprint density at radius 1 is 1.41 bits per heavy atom. The zero-order chi connectivity index (χ0) is 12.7. The average molecular weight is 230 g/mol. The van der Waals surface area contributed by atoms with E-state index >= 15 is 0 Å². The molecular formula is C16H22O. The Morgan fingerprint density at radius 3 is 2.76 bits per heavy atom. The lowest BCUT2D eigenvalue weighted by Gasteiger charge is -2.12. The SMILES string of the molecule is C=CCOc1cc(CCC)ccc1CC(=C)C. The summed E-state index contributed by atoms with van der Waals surface area (Å²) in [5.74, 6) is 0.971. The van der Waals surface area contributed by atoms with E-state index in [-0.39, 0.29) is 0 Å². The molecule has 1 aromatic rings.